The molecular weight excluding hydrogens is 348 g/mol. The lowest BCUT2D eigenvalue weighted by Gasteiger charge is -2.25. The summed E-state index contributed by atoms with van der Waals surface area (Å²) < 4.78 is 36.9. The number of rotatable bonds is 4. The highest BCUT2D eigenvalue weighted by Crippen LogP contribution is 2.31. The summed E-state index contributed by atoms with van der Waals surface area (Å²) in [5.74, 6) is 0.100. The molecule has 1 amide bonds. The lowest BCUT2D eigenvalue weighted by Crippen LogP contribution is -2.40. The van der Waals surface area contributed by atoms with Gasteiger partial charge < -0.3 is 19.9 Å². The maximum absolute atomic E-state index is 12.3. The normalized spacial score (nSPS) is 16.3. The summed E-state index contributed by atoms with van der Waals surface area (Å²) in [5, 5.41) is 12.3. The summed E-state index contributed by atoms with van der Waals surface area (Å²) in [6.07, 6.45) is -0.881. The molecule has 3 N–H and O–H groups in total. The number of hydrogen-bond acceptors (Lipinski definition) is 6. The minimum absolute atomic E-state index is 0.0304. The van der Waals surface area contributed by atoms with E-state index in [2.05, 4.69) is 10.0 Å². The molecule has 9 heteroatoms. The average Bonchev–Trinajstić information content (AvgIpc) is 2.62. The quantitative estimate of drug-likeness (QED) is 0.700. The summed E-state index contributed by atoms with van der Waals surface area (Å²) in [5.41, 5.74) is 0.207. The van der Waals surface area contributed by atoms with Crippen molar-refractivity contribution in [3.8, 4) is 17.2 Å². The van der Waals surface area contributed by atoms with Crippen LogP contribution in [0.15, 0.2) is 47.4 Å². The molecular formula is C16H16N2O6S. The predicted octanol–water partition coefficient (Wildman–Crippen LogP) is 1.08. The highest BCUT2D eigenvalue weighted by Gasteiger charge is 2.27. The van der Waals surface area contributed by atoms with Crippen LogP contribution in [0, 0.1) is 0 Å². The topological polar surface area (TPSA) is 114 Å². The molecule has 0 saturated heterocycles. The van der Waals surface area contributed by atoms with Gasteiger partial charge in [0.2, 0.25) is 16.1 Å². The number of benzene rings is 2. The van der Waals surface area contributed by atoms with Crippen molar-refractivity contribution in [2.75, 3.05) is 19.0 Å². The van der Waals surface area contributed by atoms with Crippen molar-refractivity contribution in [3.63, 3.8) is 0 Å². The first-order chi connectivity index (χ1) is 11.9. The molecule has 0 bridgehead atoms. The smallest absolute Gasteiger partial charge is 0.269 e. The van der Waals surface area contributed by atoms with Crippen molar-refractivity contribution in [2.45, 2.75) is 11.0 Å². The van der Waals surface area contributed by atoms with E-state index >= 15 is 0 Å². The molecule has 0 radical (unpaired) electrons. The monoisotopic (exact) mass is 364 g/mol. The molecule has 1 aliphatic heterocycles. The molecule has 132 valence electrons. The molecule has 1 atom stereocenters. The van der Waals surface area contributed by atoms with Crippen LogP contribution in [0.5, 0.6) is 17.2 Å². The van der Waals surface area contributed by atoms with Gasteiger partial charge >= 0.3 is 0 Å². The number of aromatic hydroxyl groups is 1. The van der Waals surface area contributed by atoms with Gasteiger partial charge in [0, 0.05) is 5.69 Å². The number of carbonyl (C=O) groups is 1. The number of hydrogen-bond donors (Lipinski definition) is 3. The average molecular weight is 364 g/mol. The summed E-state index contributed by atoms with van der Waals surface area (Å²) in [4.78, 5) is 12.0. The molecule has 0 aromatic heterocycles. The van der Waals surface area contributed by atoms with Crippen LogP contribution in [0.3, 0.4) is 0 Å². The highest BCUT2D eigenvalue weighted by molar-refractivity contribution is 7.89. The van der Waals surface area contributed by atoms with Crippen LogP contribution in [0.4, 0.5) is 5.69 Å². The first kappa shape index (κ1) is 17.1. The molecule has 0 fully saturated rings. The summed E-state index contributed by atoms with van der Waals surface area (Å²) in [7, 11) is -2.63. The molecule has 0 unspecified atom stereocenters. The van der Waals surface area contributed by atoms with Crippen LogP contribution in [0.25, 0.3) is 0 Å². The standard InChI is InChI=1S/C16H16N2O6S/c1-17-25(21,22)15-8-10(6-7-11(15)19)18-16(20)14-9-23-12-4-2-3-5-13(12)24-14/h2-8,14,17,19H,9H2,1H3,(H,18,20)/t14-/m1/s1. The number of ether oxygens (including phenoxy) is 2. The van der Waals surface area contributed by atoms with E-state index in [0.29, 0.717) is 11.5 Å². The SMILES string of the molecule is CNS(=O)(=O)c1cc(NC(=O)[C@H]2COc3ccccc3O2)ccc1O. The fourth-order valence-corrected chi connectivity index (χ4v) is 3.13. The van der Waals surface area contributed by atoms with Crippen molar-refractivity contribution >= 4 is 21.6 Å². The molecule has 8 nitrogen and oxygen atoms in total. The maximum atomic E-state index is 12.3. The molecule has 1 aliphatic rings. The van der Waals surface area contributed by atoms with Crippen LogP contribution in [0.1, 0.15) is 0 Å². The van der Waals surface area contributed by atoms with Crippen molar-refractivity contribution in [2.24, 2.45) is 0 Å². The third-order valence-electron chi connectivity index (χ3n) is 3.59. The van der Waals surface area contributed by atoms with Crippen LogP contribution in [-0.4, -0.2) is 39.2 Å². The second-order valence-corrected chi connectivity index (χ2v) is 7.10. The van der Waals surface area contributed by atoms with Gasteiger partial charge in [-0.05, 0) is 37.4 Å². The first-order valence-electron chi connectivity index (χ1n) is 7.36. The Morgan fingerprint density at radius 1 is 1.20 bits per heavy atom. The number of phenols is 1. The Morgan fingerprint density at radius 3 is 2.64 bits per heavy atom. The fourth-order valence-electron chi connectivity index (χ4n) is 2.29. The third-order valence-corrected chi connectivity index (χ3v) is 5.03. The van der Waals surface area contributed by atoms with Crippen LogP contribution >= 0.6 is 0 Å². The van der Waals surface area contributed by atoms with E-state index in [9.17, 15) is 18.3 Å². The molecule has 3 rings (SSSR count). The lowest BCUT2D eigenvalue weighted by atomic mass is 10.2. The summed E-state index contributed by atoms with van der Waals surface area (Å²) in [6, 6.07) is 10.7. The highest BCUT2D eigenvalue weighted by atomic mass is 32.2. The van der Waals surface area contributed by atoms with E-state index in [1.807, 2.05) is 0 Å². The number of anilines is 1. The van der Waals surface area contributed by atoms with Gasteiger partial charge in [-0.25, -0.2) is 13.1 Å². The Hall–Kier alpha value is -2.78. The van der Waals surface area contributed by atoms with Crippen LogP contribution in [0.2, 0.25) is 0 Å². The van der Waals surface area contributed by atoms with Crippen LogP contribution in [-0.2, 0) is 14.8 Å². The molecule has 25 heavy (non-hydrogen) atoms. The molecule has 2 aromatic rings. The number of amides is 1. The van der Waals surface area contributed by atoms with Gasteiger partial charge in [-0.2, -0.15) is 0 Å². The minimum atomic E-state index is -3.86. The second-order valence-electron chi connectivity index (χ2n) is 5.24. The summed E-state index contributed by atoms with van der Waals surface area (Å²) >= 11 is 0. The van der Waals surface area contributed by atoms with Gasteiger partial charge in [0.05, 0.1) is 0 Å². The Balaban J connectivity index is 1.77. The molecule has 0 aliphatic carbocycles. The van der Waals surface area contributed by atoms with Gasteiger partial charge in [0.1, 0.15) is 17.3 Å². The zero-order valence-electron chi connectivity index (χ0n) is 13.2. The third kappa shape index (κ3) is 3.52. The van der Waals surface area contributed by atoms with Gasteiger partial charge in [-0.3, -0.25) is 4.79 Å². The van der Waals surface area contributed by atoms with Gasteiger partial charge in [-0.15, -0.1) is 0 Å². The van der Waals surface area contributed by atoms with E-state index in [-0.39, 0.29) is 17.2 Å². The zero-order valence-corrected chi connectivity index (χ0v) is 14.0. The first-order valence-corrected chi connectivity index (χ1v) is 8.85. The number of carbonyl (C=O) groups excluding carboxylic acids is 1. The Labute approximate surface area is 144 Å². The van der Waals surface area contributed by atoms with E-state index in [1.54, 1.807) is 24.3 Å². The largest absolute Gasteiger partial charge is 0.507 e. The summed E-state index contributed by atoms with van der Waals surface area (Å²) in [6.45, 7) is 0.0304. The van der Waals surface area contributed by atoms with Gasteiger partial charge in [-0.1, -0.05) is 12.1 Å². The van der Waals surface area contributed by atoms with Gasteiger partial charge in [0.25, 0.3) is 5.91 Å². The Morgan fingerprint density at radius 2 is 1.92 bits per heavy atom. The number of nitrogens with one attached hydrogen (secondary N) is 2. The van der Waals surface area contributed by atoms with Crippen molar-refractivity contribution in [1.29, 1.82) is 0 Å². The molecule has 2 aromatic carbocycles. The van der Waals surface area contributed by atoms with Crippen LogP contribution < -0.4 is 19.5 Å². The fraction of sp³-hybridized carbons (Fsp3) is 0.188. The Kier molecular flexibility index (Phi) is 4.51. The number of sulfonamides is 1. The second kappa shape index (κ2) is 6.61. The minimum Gasteiger partial charge on any atom is -0.507 e. The van der Waals surface area contributed by atoms with E-state index in [0.717, 1.165) is 6.07 Å². The molecule has 1 heterocycles. The number of fused-ring (bicyclic) bond motifs is 1. The lowest BCUT2D eigenvalue weighted by molar-refractivity contribution is -0.125. The Bertz CT molecular complexity index is 913. The number of phenolic OH excluding ortho intramolecular Hbond substituents is 1. The molecule has 0 spiro atoms. The van der Waals surface area contributed by atoms with Crippen molar-refractivity contribution < 1.29 is 27.8 Å². The van der Waals surface area contributed by atoms with Crippen molar-refractivity contribution in [1.82, 2.24) is 4.72 Å². The van der Waals surface area contributed by atoms with E-state index in [1.165, 1.54) is 19.2 Å². The van der Waals surface area contributed by atoms with Gasteiger partial charge in [0.15, 0.2) is 11.5 Å². The van der Waals surface area contributed by atoms with E-state index in [4.69, 9.17) is 9.47 Å². The van der Waals surface area contributed by atoms with E-state index < -0.39 is 27.8 Å². The number of para-hydroxylation sites is 2. The van der Waals surface area contributed by atoms with Crippen molar-refractivity contribution in [3.05, 3.63) is 42.5 Å². The maximum Gasteiger partial charge on any atom is 0.269 e. The predicted molar refractivity (Wildman–Crippen MR) is 89.3 cm³/mol. The zero-order chi connectivity index (χ0) is 18.0. The molecule has 0 saturated carbocycles.